The molecule has 0 aliphatic heterocycles. The molecule has 2 unspecified atom stereocenters. The van der Waals surface area contributed by atoms with Crippen LogP contribution in [0.3, 0.4) is 0 Å². The lowest BCUT2D eigenvalue weighted by atomic mass is 10.0. The Balaban J connectivity index is 2.26. The van der Waals surface area contributed by atoms with Gasteiger partial charge in [-0.25, -0.2) is 0 Å². The van der Waals surface area contributed by atoms with Crippen LogP contribution in [0.25, 0.3) is 0 Å². The third kappa shape index (κ3) is 4.11. The number of halogens is 1. The fraction of sp³-hybridized carbons (Fsp3) is 0.294. The molecule has 0 heterocycles. The quantitative estimate of drug-likeness (QED) is 0.738. The van der Waals surface area contributed by atoms with Gasteiger partial charge >= 0.3 is 0 Å². The van der Waals surface area contributed by atoms with Crippen molar-refractivity contribution in [3.8, 4) is 0 Å². The molecule has 2 rings (SSSR count). The van der Waals surface area contributed by atoms with Crippen LogP contribution < -0.4 is 5.73 Å². The van der Waals surface area contributed by atoms with Crippen molar-refractivity contribution in [2.75, 3.05) is 0 Å². The highest BCUT2D eigenvalue weighted by atomic mass is 79.9. The topological polar surface area (TPSA) is 26.0 Å². The van der Waals surface area contributed by atoms with Crippen molar-refractivity contribution < 1.29 is 0 Å². The van der Waals surface area contributed by atoms with Crippen molar-refractivity contribution >= 4 is 27.7 Å². The molecule has 0 amide bonds. The summed E-state index contributed by atoms with van der Waals surface area (Å²) in [7, 11) is 0. The fourth-order valence-corrected chi connectivity index (χ4v) is 3.62. The third-order valence-electron chi connectivity index (χ3n) is 3.31. The minimum Gasteiger partial charge on any atom is -0.326 e. The molecular weight excluding hydrogens is 330 g/mol. The number of nitrogens with two attached hydrogens (primary N) is 1. The van der Waals surface area contributed by atoms with Gasteiger partial charge in [0, 0.05) is 20.7 Å². The van der Waals surface area contributed by atoms with Gasteiger partial charge in [0.25, 0.3) is 0 Å². The Morgan fingerprint density at radius 1 is 1.15 bits per heavy atom. The van der Waals surface area contributed by atoms with Crippen LogP contribution in [0.1, 0.15) is 29.7 Å². The largest absolute Gasteiger partial charge is 0.326 e. The summed E-state index contributed by atoms with van der Waals surface area (Å²) in [5.41, 5.74) is 8.94. The number of thioether (sulfide) groups is 1. The predicted octanol–water partition coefficient (Wildman–Crippen LogP) is 5.33. The Bertz CT molecular complexity index is 553. The van der Waals surface area contributed by atoms with Crippen molar-refractivity contribution in [1.29, 1.82) is 0 Å². The van der Waals surface area contributed by atoms with Crippen LogP contribution >= 0.6 is 27.7 Å². The lowest BCUT2D eigenvalue weighted by molar-refractivity contribution is 0.634. The molecule has 0 saturated carbocycles. The zero-order chi connectivity index (χ0) is 14.5. The summed E-state index contributed by atoms with van der Waals surface area (Å²) >= 11 is 5.32. The molecule has 2 aromatic carbocycles. The first-order valence-corrected chi connectivity index (χ1v) is 8.51. The molecule has 2 aromatic rings. The summed E-state index contributed by atoms with van der Waals surface area (Å²) in [5, 5.41) is 0.293. The predicted molar refractivity (Wildman–Crippen MR) is 92.2 cm³/mol. The van der Waals surface area contributed by atoms with E-state index in [4.69, 9.17) is 5.73 Å². The maximum Gasteiger partial charge on any atom is 0.0495 e. The Morgan fingerprint density at radius 2 is 1.85 bits per heavy atom. The Hall–Kier alpha value is -0.770. The van der Waals surface area contributed by atoms with Gasteiger partial charge in [0.2, 0.25) is 0 Å². The maximum atomic E-state index is 6.35. The fourth-order valence-electron chi connectivity index (χ4n) is 2.12. The summed E-state index contributed by atoms with van der Waals surface area (Å²) in [6, 6.07) is 17.3. The molecule has 2 atom stereocenters. The van der Waals surface area contributed by atoms with Crippen molar-refractivity contribution in [2.45, 2.75) is 36.5 Å². The minimum absolute atomic E-state index is 0.158. The first-order valence-electron chi connectivity index (χ1n) is 6.84. The average Bonchev–Trinajstić information content (AvgIpc) is 2.46. The smallest absolute Gasteiger partial charge is 0.0495 e. The lowest BCUT2D eigenvalue weighted by Crippen LogP contribution is -2.25. The molecular formula is C17H20BrNS. The van der Waals surface area contributed by atoms with Crippen molar-refractivity contribution in [3.63, 3.8) is 0 Å². The van der Waals surface area contributed by atoms with Gasteiger partial charge in [-0.1, -0.05) is 52.7 Å². The molecule has 2 N–H and O–H groups in total. The van der Waals surface area contributed by atoms with E-state index in [0.717, 1.165) is 10.9 Å². The average molecular weight is 350 g/mol. The number of rotatable bonds is 5. The van der Waals surface area contributed by atoms with E-state index in [1.807, 2.05) is 11.8 Å². The van der Waals surface area contributed by atoms with Crippen molar-refractivity contribution in [2.24, 2.45) is 5.73 Å². The molecule has 0 aliphatic carbocycles. The first-order chi connectivity index (χ1) is 9.60. The molecule has 0 bridgehead atoms. The Labute approximate surface area is 134 Å². The summed E-state index contributed by atoms with van der Waals surface area (Å²) < 4.78 is 1.11. The molecule has 0 aliphatic rings. The Kier molecular flexibility index (Phi) is 5.70. The molecule has 20 heavy (non-hydrogen) atoms. The lowest BCUT2D eigenvalue weighted by Gasteiger charge is -2.23. The Morgan fingerprint density at radius 3 is 2.45 bits per heavy atom. The normalized spacial score (nSPS) is 14.0. The summed E-state index contributed by atoms with van der Waals surface area (Å²) in [6.07, 6.45) is 0.974. The van der Waals surface area contributed by atoms with E-state index in [9.17, 15) is 0 Å². The van der Waals surface area contributed by atoms with Gasteiger partial charge < -0.3 is 5.73 Å². The van der Waals surface area contributed by atoms with Crippen LogP contribution in [0.15, 0.2) is 57.9 Å². The highest BCUT2D eigenvalue weighted by molar-refractivity contribution is 9.10. The molecule has 1 nitrogen and oxygen atoms in total. The van der Waals surface area contributed by atoms with E-state index >= 15 is 0 Å². The van der Waals surface area contributed by atoms with Gasteiger partial charge in [0.1, 0.15) is 0 Å². The molecule has 0 spiro atoms. The van der Waals surface area contributed by atoms with Gasteiger partial charge in [0.15, 0.2) is 0 Å². The zero-order valence-electron chi connectivity index (χ0n) is 11.8. The van der Waals surface area contributed by atoms with Crippen LogP contribution in [-0.2, 0) is 0 Å². The van der Waals surface area contributed by atoms with E-state index in [-0.39, 0.29) is 6.04 Å². The number of hydrogen-bond donors (Lipinski definition) is 1. The van der Waals surface area contributed by atoms with Crippen LogP contribution in [-0.4, -0.2) is 6.04 Å². The number of benzene rings is 2. The standard InChI is InChI=1S/C17H20BrNS/c1-3-16(19)17(13-6-4-5-12(2)11-13)20-15-9-7-14(18)8-10-15/h4-11,16-17H,3,19H2,1-2H3. The first kappa shape index (κ1) is 15.6. The van der Waals surface area contributed by atoms with E-state index in [2.05, 4.69) is 78.3 Å². The van der Waals surface area contributed by atoms with Crippen LogP contribution in [0.4, 0.5) is 0 Å². The van der Waals surface area contributed by atoms with Gasteiger partial charge in [0.05, 0.1) is 0 Å². The van der Waals surface area contributed by atoms with Gasteiger partial charge in [-0.05, 0) is 43.2 Å². The molecule has 106 valence electrons. The second-order valence-electron chi connectivity index (χ2n) is 4.98. The molecule has 0 aromatic heterocycles. The second kappa shape index (κ2) is 7.30. The van der Waals surface area contributed by atoms with E-state index in [0.29, 0.717) is 5.25 Å². The maximum absolute atomic E-state index is 6.35. The summed E-state index contributed by atoms with van der Waals surface area (Å²) in [5.74, 6) is 0. The minimum atomic E-state index is 0.158. The van der Waals surface area contributed by atoms with Gasteiger partial charge in [-0.3, -0.25) is 0 Å². The summed E-state index contributed by atoms with van der Waals surface area (Å²) in [4.78, 5) is 1.25. The highest BCUT2D eigenvalue weighted by Gasteiger charge is 2.20. The highest BCUT2D eigenvalue weighted by Crippen LogP contribution is 2.38. The SMILES string of the molecule is CCC(N)C(Sc1ccc(Br)cc1)c1cccc(C)c1. The van der Waals surface area contributed by atoms with Crippen LogP contribution in [0.5, 0.6) is 0 Å². The molecule has 0 saturated heterocycles. The second-order valence-corrected chi connectivity index (χ2v) is 7.11. The van der Waals surface area contributed by atoms with Gasteiger partial charge in [-0.2, -0.15) is 0 Å². The van der Waals surface area contributed by atoms with Gasteiger partial charge in [-0.15, -0.1) is 11.8 Å². The molecule has 0 radical (unpaired) electrons. The van der Waals surface area contributed by atoms with Crippen LogP contribution in [0.2, 0.25) is 0 Å². The molecule has 0 fully saturated rings. The van der Waals surface area contributed by atoms with E-state index in [1.54, 1.807) is 0 Å². The zero-order valence-corrected chi connectivity index (χ0v) is 14.2. The monoisotopic (exact) mass is 349 g/mol. The van der Waals surface area contributed by atoms with Crippen molar-refractivity contribution in [3.05, 3.63) is 64.1 Å². The third-order valence-corrected chi connectivity index (χ3v) is 5.26. The number of aryl methyl sites for hydroxylation is 1. The van der Waals surface area contributed by atoms with Crippen LogP contribution in [0, 0.1) is 6.92 Å². The summed E-state index contributed by atoms with van der Waals surface area (Å²) in [6.45, 7) is 4.28. The van der Waals surface area contributed by atoms with E-state index < -0.39 is 0 Å². The van der Waals surface area contributed by atoms with E-state index in [1.165, 1.54) is 16.0 Å². The van der Waals surface area contributed by atoms with Crippen molar-refractivity contribution in [1.82, 2.24) is 0 Å². The molecule has 3 heteroatoms. The number of hydrogen-bond acceptors (Lipinski definition) is 2.